The van der Waals surface area contributed by atoms with Crippen molar-refractivity contribution in [2.24, 2.45) is 5.92 Å². The Balaban J connectivity index is 1.90. The third-order valence-corrected chi connectivity index (χ3v) is 5.13. The number of fused-ring (bicyclic) bond motifs is 1. The summed E-state index contributed by atoms with van der Waals surface area (Å²) in [6.07, 6.45) is 4.04. The number of aryl methyl sites for hydroxylation is 1. The first-order valence-corrected chi connectivity index (χ1v) is 8.12. The summed E-state index contributed by atoms with van der Waals surface area (Å²) >= 11 is 0. The highest BCUT2D eigenvalue weighted by Gasteiger charge is 2.50. The molecule has 3 rings (SSSR count). The molecular weight excluding hydrogens is 260 g/mol. The monoisotopic (exact) mass is 286 g/mol. The van der Waals surface area contributed by atoms with Gasteiger partial charge in [0.15, 0.2) is 0 Å². The molecule has 2 atom stereocenters. The Bertz CT molecular complexity index is 556. The van der Waals surface area contributed by atoms with Crippen molar-refractivity contribution < 1.29 is 9.53 Å². The fraction of sp³-hybridized carbons (Fsp3) is 0.632. The van der Waals surface area contributed by atoms with E-state index in [0.717, 1.165) is 25.7 Å². The lowest BCUT2D eigenvalue weighted by Crippen LogP contribution is -2.37. The van der Waals surface area contributed by atoms with Crippen LogP contribution in [0.15, 0.2) is 24.3 Å². The molecule has 1 heterocycles. The zero-order valence-electron chi connectivity index (χ0n) is 13.6. The van der Waals surface area contributed by atoms with E-state index in [9.17, 15) is 4.79 Å². The van der Waals surface area contributed by atoms with Crippen LogP contribution in [-0.4, -0.2) is 17.0 Å². The van der Waals surface area contributed by atoms with E-state index < -0.39 is 0 Å². The maximum atomic E-state index is 13.2. The summed E-state index contributed by atoms with van der Waals surface area (Å²) in [7, 11) is 0. The molecule has 0 spiro atoms. The quantitative estimate of drug-likeness (QED) is 0.811. The minimum Gasteiger partial charge on any atom is -0.369 e. The summed E-state index contributed by atoms with van der Waals surface area (Å²) < 4.78 is 6.13. The van der Waals surface area contributed by atoms with Crippen molar-refractivity contribution in [3.05, 3.63) is 35.4 Å². The SMILES string of the molecule is CC1(C)CC(C(=O)C2CCCc3ccccc32)C(C)(C)O1. The molecule has 1 aromatic rings. The topological polar surface area (TPSA) is 26.3 Å². The average molecular weight is 286 g/mol. The van der Waals surface area contributed by atoms with Crippen LogP contribution >= 0.6 is 0 Å². The summed E-state index contributed by atoms with van der Waals surface area (Å²) in [5.41, 5.74) is 2.07. The number of hydrogen-bond donors (Lipinski definition) is 0. The molecule has 0 bridgehead atoms. The smallest absolute Gasteiger partial charge is 0.146 e. The van der Waals surface area contributed by atoms with E-state index in [-0.39, 0.29) is 23.0 Å². The molecule has 21 heavy (non-hydrogen) atoms. The van der Waals surface area contributed by atoms with Gasteiger partial charge in [-0.2, -0.15) is 0 Å². The zero-order valence-corrected chi connectivity index (χ0v) is 13.6. The predicted octanol–water partition coefficient (Wildman–Crippen LogP) is 4.27. The lowest BCUT2D eigenvalue weighted by atomic mass is 9.73. The van der Waals surface area contributed by atoms with Crippen molar-refractivity contribution >= 4 is 5.78 Å². The molecule has 2 heteroatoms. The molecule has 1 aromatic carbocycles. The van der Waals surface area contributed by atoms with Gasteiger partial charge in [0.25, 0.3) is 0 Å². The van der Waals surface area contributed by atoms with Crippen molar-refractivity contribution in [2.75, 3.05) is 0 Å². The molecule has 1 aliphatic carbocycles. The Morgan fingerprint density at radius 2 is 1.90 bits per heavy atom. The van der Waals surface area contributed by atoms with Gasteiger partial charge in [-0.25, -0.2) is 0 Å². The zero-order chi connectivity index (χ0) is 15.3. The molecular formula is C19H26O2. The van der Waals surface area contributed by atoms with Gasteiger partial charge in [0.1, 0.15) is 5.78 Å². The first-order valence-electron chi connectivity index (χ1n) is 8.12. The standard InChI is InChI=1S/C19H26O2/c1-18(2)12-16(19(3,4)21-18)17(20)15-11-7-9-13-8-5-6-10-14(13)15/h5-6,8,10,15-16H,7,9,11-12H2,1-4H3. The van der Waals surface area contributed by atoms with Crippen LogP contribution in [0.1, 0.15) is 64.0 Å². The summed E-state index contributed by atoms with van der Waals surface area (Å²) in [6, 6.07) is 8.46. The third kappa shape index (κ3) is 2.66. The van der Waals surface area contributed by atoms with Crippen LogP contribution < -0.4 is 0 Å². The van der Waals surface area contributed by atoms with Gasteiger partial charge in [0.2, 0.25) is 0 Å². The van der Waals surface area contributed by atoms with Gasteiger partial charge in [-0.1, -0.05) is 24.3 Å². The van der Waals surface area contributed by atoms with E-state index in [4.69, 9.17) is 4.74 Å². The number of carbonyl (C=O) groups is 1. The first-order chi connectivity index (χ1) is 9.80. The lowest BCUT2D eigenvalue weighted by molar-refractivity contribution is -0.131. The molecule has 0 amide bonds. The largest absolute Gasteiger partial charge is 0.369 e. The number of rotatable bonds is 2. The molecule has 114 valence electrons. The van der Waals surface area contributed by atoms with Gasteiger partial charge >= 0.3 is 0 Å². The summed E-state index contributed by atoms with van der Waals surface area (Å²) in [5, 5.41) is 0. The van der Waals surface area contributed by atoms with Crippen LogP contribution in [0.3, 0.4) is 0 Å². The molecule has 2 unspecified atom stereocenters. The van der Waals surface area contributed by atoms with Crippen LogP contribution in [0.5, 0.6) is 0 Å². The van der Waals surface area contributed by atoms with Crippen LogP contribution in [-0.2, 0) is 16.0 Å². The third-order valence-electron chi connectivity index (χ3n) is 5.13. The number of ketones is 1. The Morgan fingerprint density at radius 1 is 1.19 bits per heavy atom. The minimum absolute atomic E-state index is 0.00339. The lowest BCUT2D eigenvalue weighted by Gasteiger charge is -2.31. The van der Waals surface area contributed by atoms with Gasteiger partial charge in [-0.15, -0.1) is 0 Å². The molecule has 0 N–H and O–H groups in total. The Labute approximate surface area is 127 Å². The van der Waals surface area contributed by atoms with Crippen molar-refractivity contribution in [3.63, 3.8) is 0 Å². The molecule has 0 aromatic heterocycles. The number of benzene rings is 1. The van der Waals surface area contributed by atoms with Gasteiger partial charge in [-0.3, -0.25) is 4.79 Å². The fourth-order valence-corrected chi connectivity index (χ4v) is 4.30. The van der Waals surface area contributed by atoms with E-state index in [0.29, 0.717) is 5.78 Å². The number of carbonyl (C=O) groups excluding carboxylic acids is 1. The highest BCUT2D eigenvalue weighted by molar-refractivity contribution is 5.89. The highest BCUT2D eigenvalue weighted by atomic mass is 16.5. The van der Waals surface area contributed by atoms with Crippen molar-refractivity contribution in [1.82, 2.24) is 0 Å². The maximum Gasteiger partial charge on any atom is 0.146 e. The van der Waals surface area contributed by atoms with Gasteiger partial charge in [-0.05, 0) is 64.5 Å². The summed E-state index contributed by atoms with van der Waals surface area (Å²) in [5.74, 6) is 0.457. The highest BCUT2D eigenvalue weighted by Crippen LogP contribution is 2.46. The average Bonchev–Trinajstić information content (AvgIpc) is 2.65. The van der Waals surface area contributed by atoms with Crippen molar-refractivity contribution in [2.45, 2.75) is 70.5 Å². The summed E-state index contributed by atoms with van der Waals surface area (Å²) in [4.78, 5) is 13.2. The molecule has 1 fully saturated rings. The van der Waals surface area contributed by atoms with E-state index in [1.54, 1.807) is 0 Å². The molecule has 2 aliphatic rings. The normalized spacial score (nSPS) is 29.9. The van der Waals surface area contributed by atoms with E-state index in [1.165, 1.54) is 11.1 Å². The van der Waals surface area contributed by atoms with Gasteiger partial charge in [0, 0.05) is 11.8 Å². The van der Waals surface area contributed by atoms with Crippen LogP contribution in [0.25, 0.3) is 0 Å². The molecule has 1 aliphatic heterocycles. The Kier molecular flexibility index (Phi) is 3.48. The number of Topliss-reactive ketones (excluding diaryl/α,β-unsaturated/α-hetero) is 1. The minimum atomic E-state index is -0.354. The summed E-state index contributed by atoms with van der Waals surface area (Å²) in [6.45, 7) is 8.33. The maximum absolute atomic E-state index is 13.2. The Hall–Kier alpha value is -1.15. The molecule has 0 radical (unpaired) electrons. The Morgan fingerprint density at radius 3 is 2.57 bits per heavy atom. The van der Waals surface area contributed by atoms with Crippen LogP contribution in [0.2, 0.25) is 0 Å². The van der Waals surface area contributed by atoms with Crippen LogP contribution in [0.4, 0.5) is 0 Å². The fourth-order valence-electron chi connectivity index (χ4n) is 4.30. The van der Waals surface area contributed by atoms with Gasteiger partial charge in [0.05, 0.1) is 11.2 Å². The molecule has 1 saturated heterocycles. The van der Waals surface area contributed by atoms with E-state index in [1.807, 2.05) is 0 Å². The number of ether oxygens (including phenoxy) is 1. The second-order valence-corrected chi connectivity index (χ2v) is 7.77. The van der Waals surface area contributed by atoms with Crippen molar-refractivity contribution in [3.8, 4) is 0 Å². The number of hydrogen-bond acceptors (Lipinski definition) is 2. The second kappa shape index (κ2) is 4.95. The van der Waals surface area contributed by atoms with E-state index >= 15 is 0 Å². The van der Waals surface area contributed by atoms with Gasteiger partial charge < -0.3 is 4.74 Å². The predicted molar refractivity (Wildman–Crippen MR) is 84.5 cm³/mol. The first kappa shape index (κ1) is 14.8. The molecule has 0 saturated carbocycles. The van der Waals surface area contributed by atoms with E-state index in [2.05, 4.69) is 52.0 Å². The van der Waals surface area contributed by atoms with Crippen molar-refractivity contribution in [1.29, 1.82) is 0 Å². The second-order valence-electron chi connectivity index (χ2n) is 7.77. The molecule has 2 nitrogen and oxygen atoms in total. The van der Waals surface area contributed by atoms with Crippen LogP contribution in [0, 0.1) is 5.92 Å².